The lowest BCUT2D eigenvalue weighted by Gasteiger charge is -2.08. The molecule has 0 saturated heterocycles. The molecule has 19 heavy (non-hydrogen) atoms. The molecule has 0 aliphatic carbocycles. The van der Waals surface area contributed by atoms with Gasteiger partial charge in [0.25, 0.3) is 0 Å². The van der Waals surface area contributed by atoms with E-state index in [1.807, 2.05) is 18.2 Å². The standard InChI is InChI=1S/C13H11IN2O2S/c14-9-7-15-13(16-8-9)19-10-2-3-11-12(6-10)18-5-1-4-17-11/h2-3,6-8H,1,4-5H2. The first-order valence-electron chi connectivity index (χ1n) is 5.86. The first kappa shape index (κ1) is 13.0. The second-order valence-corrected chi connectivity index (χ2v) is 6.23. The highest BCUT2D eigenvalue weighted by atomic mass is 127. The van der Waals surface area contributed by atoms with Gasteiger partial charge in [-0.1, -0.05) is 0 Å². The van der Waals surface area contributed by atoms with Crippen molar-refractivity contribution in [3.63, 3.8) is 0 Å². The summed E-state index contributed by atoms with van der Waals surface area (Å²) >= 11 is 3.70. The van der Waals surface area contributed by atoms with Crippen LogP contribution in [0, 0.1) is 3.57 Å². The summed E-state index contributed by atoms with van der Waals surface area (Å²) in [4.78, 5) is 9.60. The van der Waals surface area contributed by atoms with Gasteiger partial charge in [-0.05, 0) is 52.6 Å². The SMILES string of the molecule is Ic1cnc(Sc2ccc3c(c2)OCCCO3)nc1. The van der Waals surface area contributed by atoms with E-state index in [2.05, 4.69) is 32.6 Å². The Hall–Kier alpha value is -1.02. The molecule has 0 N–H and O–H groups in total. The highest BCUT2D eigenvalue weighted by Gasteiger charge is 2.11. The Morgan fingerprint density at radius 1 is 1.05 bits per heavy atom. The van der Waals surface area contributed by atoms with Gasteiger partial charge in [-0.2, -0.15) is 0 Å². The third kappa shape index (κ3) is 3.30. The molecule has 0 amide bonds. The van der Waals surface area contributed by atoms with Gasteiger partial charge in [0, 0.05) is 27.3 Å². The van der Waals surface area contributed by atoms with Crippen molar-refractivity contribution in [1.29, 1.82) is 0 Å². The smallest absolute Gasteiger partial charge is 0.192 e. The van der Waals surface area contributed by atoms with E-state index >= 15 is 0 Å². The molecule has 6 heteroatoms. The topological polar surface area (TPSA) is 44.2 Å². The third-order valence-electron chi connectivity index (χ3n) is 2.52. The van der Waals surface area contributed by atoms with Gasteiger partial charge in [-0.15, -0.1) is 0 Å². The van der Waals surface area contributed by atoms with Gasteiger partial charge in [0.1, 0.15) is 0 Å². The fourth-order valence-electron chi connectivity index (χ4n) is 1.67. The average molecular weight is 386 g/mol. The molecule has 1 aliphatic heterocycles. The van der Waals surface area contributed by atoms with Crippen molar-refractivity contribution in [3.8, 4) is 11.5 Å². The molecule has 1 aromatic carbocycles. The molecule has 2 heterocycles. The van der Waals surface area contributed by atoms with E-state index in [1.54, 1.807) is 12.4 Å². The molecule has 0 spiro atoms. The van der Waals surface area contributed by atoms with E-state index in [0.29, 0.717) is 13.2 Å². The second-order valence-electron chi connectivity index (χ2n) is 3.94. The van der Waals surface area contributed by atoms with Gasteiger partial charge in [0.05, 0.1) is 13.2 Å². The van der Waals surface area contributed by atoms with Gasteiger partial charge < -0.3 is 9.47 Å². The molecular weight excluding hydrogens is 375 g/mol. The maximum absolute atomic E-state index is 5.67. The number of halogens is 1. The minimum absolute atomic E-state index is 0.696. The zero-order chi connectivity index (χ0) is 13.1. The molecule has 2 aromatic rings. The van der Waals surface area contributed by atoms with Crippen molar-refractivity contribution in [3.05, 3.63) is 34.2 Å². The predicted molar refractivity (Wildman–Crippen MR) is 80.9 cm³/mol. The quantitative estimate of drug-likeness (QED) is 0.585. The van der Waals surface area contributed by atoms with Crippen LogP contribution in [0.25, 0.3) is 0 Å². The maximum Gasteiger partial charge on any atom is 0.192 e. The monoisotopic (exact) mass is 386 g/mol. The summed E-state index contributed by atoms with van der Waals surface area (Å²) in [6.07, 6.45) is 4.52. The van der Waals surface area contributed by atoms with Gasteiger partial charge in [0.2, 0.25) is 0 Å². The summed E-state index contributed by atoms with van der Waals surface area (Å²) in [6.45, 7) is 1.40. The van der Waals surface area contributed by atoms with Gasteiger partial charge in [0.15, 0.2) is 16.7 Å². The maximum atomic E-state index is 5.67. The van der Waals surface area contributed by atoms with Crippen LogP contribution in [0.2, 0.25) is 0 Å². The predicted octanol–water partition coefficient (Wildman–Crippen LogP) is 3.39. The van der Waals surface area contributed by atoms with Crippen LogP contribution in [-0.4, -0.2) is 23.2 Å². The molecule has 1 aromatic heterocycles. The number of hydrogen-bond acceptors (Lipinski definition) is 5. The van der Waals surface area contributed by atoms with Crippen LogP contribution in [0.1, 0.15) is 6.42 Å². The Kier molecular flexibility index (Phi) is 4.07. The van der Waals surface area contributed by atoms with Crippen molar-refractivity contribution in [2.75, 3.05) is 13.2 Å². The number of aromatic nitrogens is 2. The number of hydrogen-bond donors (Lipinski definition) is 0. The minimum Gasteiger partial charge on any atom is -0.490 e. The Bertz CT molecular complexity index is 577. The van der Waals surface area contributed by atoms with Crippen LogP contribution in [0.3, 0.4) is 0 Å². The summed E-state index contributed by atoms with van der Waals surface area (Å²) in [7, 11) is 0. The van der Waals surface area contributed by atoms with E-state index in [-0.39, 0.29) is 0 Å². The first-order valence-corrected chi connectivity index (χ1v) is 7.76. The number of rotatable bonds is 2. The molecule has 0 saturated carbocycles. The van der Waals surface area contributed by atoms with E-state index < -0.39 is 0 Å². The van der Waals surface area contributed by atoms with E-state index in [1.165, 1.54) is 11.8 Å². The molecule has 0 fully saturated rings. The summed E-state index contributed by atoms with van der Waals surface area (Å²) < 4.78 is 12.3. The van der Waals surface area contributed by atoms with Crippen molar-refractivity contribution in [1.82, 2.24) is 9.97 Å². The fraction of sp³-hybridized carbons (Fsp3) is 0.231. The number of nitrogens with zero attached hydrogens (tertiary/aromatic N) is 2. The zero-order valence-electron chi connectivity index (χ0n) is 10.0. The molecule has 0 unspecified atom stereocenters. The average Bonchev–Trinajstić information content (AvgIpc) is 2.66. The third-order valence-corrected chi connectivity index (χ3v) is 3.96. The van der Waals surface area contributed by atoms with Crippen molar-refractivity contribution in [2.45, 2.75) is 16.5 Å². The molecule has 3 rings (SSSR count). The summed E-state index contributed by atoms with van der Waals surface area (Å²) in [5, 5.41) is 0.731. The van der Waals surface area contributed by atoms with E-state index in [9.17, 15) is 0 Å². The molecule has 98 valence electrons. The van der Waals surface area contributed by atoms with Crippen LogP contribution in [-0.2, 0) is 0 Å². The zero-order valence-corrected chi connectivity index (χ0v) is 13.0. The lowest BCUT2D eigenvalue weighted by Crippen LogP contribution is -1.97. The Balaban J connectivity index is 1.81. The number of benzene rings is 1. The second kappa shape index (κ2) is 5.96. The van der Waals surface area contributed by atoms with Crippen LogP contribution in [0.15, 0.2) is 40.6 Å². The van der Waals surface area contributed by atoms with Gasteiger partial charge >= 0.3 is 0 Å². The van der Waals surface area contributed by atoms with E-state index in [0.717, 1.165) is 31.5 Å². The fourth-order valence-corrected chi connectivity index (χ4v) is 2.67. The van der Waals surface area contributed by atoms with Crippen molar-refractivity contribution >= 4 is 34.4 Å². The van der Waals surface area contributed by atoms with Crippen LogP contribution in [0.4, 0.5) is 0 Å². The number of fused-ring (bicyclic) bond motifs is 1. The first-order chi connectivity index (χ1) is 9.31. The summed E-state index contributed by atoms with van der Waals surface area (Å²) in [5.41, 5.74) is 0. The normalized spacial score (nSPS) is 13.9. The summed E-state index contributed by atoms with van der Waals surface area (Å²) in [5.74, 6) is 1.61. The van der Waals surface area contributed by atoms with Crippen molar-refractivity contribution < 1.29 is 9.47 Å². The van der Waals surface area contributed by atoms with Crippen molar-refractivity contribution in [2.24, 2.45) is 0 Å². The van der Waals surface area contributed by atoms with E-state index in [4.69, 9.17) is 9.47 Å². The largest absolute Gasteiger partial charge is 0.490 e. The van der Waals surface area contributed by atoms with Gasteiger partial charge in [-0.3, -0.25) is 0 Å². The molecule has 1 aliphatic rings. The Labute approximate surface area is 129 Å². The Morgan fingerprint density at radius 3 is 2.58 bits per heavy atom. The number of ether oxygens (including phenoxy) is 2. The van der Waals surface area contributed by atoms with Crippen LogP contribution < -0.4 is 9.47 Å². The molecule has 0 radical (unpaired) electrons. The molecule has 0 atom stereocenters. The highest BCUT2D eigenvalue weighted by molar-refractivity contribution is 14.1. The lowest BCUT2D eigenvalue weighted by atomic mass is 10.3. The van der Waals surface area contributed by atoms with Gasteiger partial charge in [-0.25, -0.2) is 9.97 Å². The lowest BCUT2D eigenvalue weighted by molar-refractivity contribution is 0.297. The molecule has 0 bridgehead atoms. The van der Waals surface area contributed by atoms with Crippen LogP contribution in [0.5, 0.6) is 11.5 Å². The highest BCUT2D eigenvalue weighted by Crippen LogP contribution is 2.35. The van der Waals surface area contributed by atoms with Crippen LogP contribution >= 0.6 is 34.4 Å². The molecular formula is C13H11IN2O2S. The molecule has 4 nitrogen and oxygen atoms in total. The minimum atomic E-state index is 0.696. The Morgan fingerprint density at radius 2 is 1.79 bits per heavy atom. The summed E-state index contributed by atoms with van der Waals surface area (Å²) in [6, 6.07) is 5.92.